The Morgan fingerprint density at radius 1 is 0.231 bits per heavy atom. The van der Waals surface area contributed by atoms with E-state index in [2.05, 4.69) is 398 Å². The molecule has 6 nitrogen and oxygen atoms in total. The fourth-order valence-corrected chi connectivity index (χ4v) is 17.2. The maximum atomic E-state index is 6.11. The number of nitrogens with zero attached hydrogens (tertiary/aromatic N) is 6. The largest absolute Gasteiger partial charge is 0.310 e. The van der Waals surface area contributed by atoms with E-state index >= 15 is 0 Å². The summed E-state index contributed by atoms with van der Waals surface area (Å²) in [4.78, 5) is 17.0. The molecule has 0 N–H and O–H groups in total. The second kappa shape index (κ2) is 23.7. The molecule has 0 unspecified atom stereocenters. The van der Waals surface area contributed by atoms with Gasteiger partial charge in [0.15, 0.2) is 0 Å². The molecule has 15 aromatic carbocycles. The molecule has 20 rings (SSSR count). The maximum absolute atomic E-state index is 6.11. The Balaban J connectivity index is 0.788. The lowest BCUT2D eigenvalue weighted by atomic mass is 9.81. The van der Waals surface area contributed by atoms with E-state index < -0.39 is 0 Å². The van der Waals surface area contributed by atoms with E-state index in [1.165, 1.54) is 77.1 Å². The van der Waals surface area contributed by atoms with Crippen LogP contribution in [0.15, 0.2) is 352 Å². The smallest absolute Gasteiger partial charge is 0.0979 e. The van der Waals surface area contributed by atoms with Crippen molar-refractivity contribution in [2.75, 3.05) is 9.80 Å². The van der Waals surface area contributed by atoms with Crippen molar-refractivity contribution in [1.82, 2.24) is 19.1 Å². The molecule has 104 heavy (non-hydrogen) atoms. The fraction of sp³-hybridized carbons (Fsp3) is 0.0612. The van der Waals surface area contributed by atoms with Gasteiger partial charge in [-0.15, -0.1) is 0 Å². The summed E-state index contributed by atoms with van der Waals surface area (Å²) in [5.41, 5.74) is 32.6. The minimum atomic E-state index is -0.212. The van der Waals surface area contributed by atoms with Crippen molar-refractivity contribution in [2.45, 2.75) is 38.5 Å². The van der Waals surface area contributed by atoms with E-state index in [-0.39, 0.29) is 10.8 Å². The van der Waals surface area contributed by atoms with Gasteiger partial charge >= 0.3 is 0 Å². The topological polar surface area (TPSA) is 42.1 Å². The monoisotopic (exact) mass is 1330 g/mol. The zero-order valence-electron chi connectivity index (χ0n) is 58.2. The zero-order chi connectivity index (χ0) is 69.4. The SMILES string of the molecule is CC1(C)c2ccccc2-c2ccc(-c3ccc(-c4ccc5c(c4)C(C)(C)c4ccccc4-5)c4nc(-c5ccc(N(c6ccccc6)c6ccc7c(c6)c6ccccc6n7-c6ccccc6)cc5)c(-c5ccc(N(c6ccccc6)c6ccc7c(c6)c6ccccc6n7-c6ccccc6)cc5)nc34)cc21. The van der Waals surface area contributed by atoms with Gasteiger partial charge < -0.3 is 18.9 Å². The van der Waals surface area contributed by atoms with Crippen LogP contribution in [0.2, 0.25) is 0 Å². The van der Waals surface area contributed by atoms with Crippen LogP contribution < -0.4 is 9.80 Å². The van der Waals surface area contributed by atoms with E-state index in [9.17, 15) is 0 Å². The molecule has 6 heteroatoms. The number of fused-ring (bicyclic) bond motifs is 13. The van der Waals surface area contributed by atoms with Gasteiger partial charge in [0.05, 0.1) is 44.5 Å². The third kappa shape index (κ3) is 9.56. The van der Waals surface area contributed by atoms with Gasteiger partial charge in [-0.25, -0.2) is 9.97 Å². The third-order valence-electron chi connectivity index (χ3n) is 22.3. The Morgan fingerprint density at radius 3 is 0.952 bits per heavy atom. The number of para-hydroxylation sites is 6. The molecule has 0 radical (unpaired) electrons. The minimum absolute atomic E-state index is 0.212. The highest BCUT2D eigenvalue weighted by atomic mass is 15.1. The molecule has 0 amide bonds. The normalized spacial score (nSPS) is 13.2. The van der Waals surface area contributed by atoms with Gasteiger partial charge in [-0.2, -0.15) is 0 Å². The average molecular weight is 1330 g/mol. The molecule has 0 bridgehead atoms. The Bertz CT molecular complexity index is 6050. The van der Waals surface area contributed by atoms with Crippen LogP contribution >= 0.6 is 0 Å². The lowest BCUT2D eigenvalue weighted by Gasteiger charge is -2.26. The second-order valence-electron chi connectivity index (χ2n) is 28.9. The van der Waals surface area contributed by atoms with Crippen molar-refractivity contribution >= 4 is 88.8 Å². The molecule has 0 aliphatic heterocycles. The summed E-state index contributed by atoms with van der Waals surface area (Å²) in [5.74, 6) is 0. The molecule has 0 spiro atoms. The average Bonchev–Trinajstić information content (AvgIpc) is 1.30. The molecule has 0 fully saturated rings. The van der Waals surface area contributed by atoms with Crippen LogP contribution in [0.1, 0.15) is 49.9 Å². The molecule has 0 saturated carbocycles. The molecule has 18 aromatic rings. The lowest BCUT2D eigenvalue weighted by molar-refractivity contribution is 0.660. The first-order valence-electron chi connectivity index (χ1n) is 36.0. The number of anilines is 6. The van der Waals surface area contributed by atoms with Crippen molar-refractivity contribution in [1.29, 1.82) is 0 Å². The summed E-state index contributed by atoms with van der Waals surface area (Å²) in [6, 6.07) is 129. The number of hydrogen-bond acceptors (Lipinski definition) is 4. The maximum Gasteiger partial charge on any atom is 0.0979 e. The highest BCUT2D eigenvalue weighted by molar-refractivity contribution is 6.12. The Kier molecular flexibility index (Phi) is 13.9. The standard InChI is InChI=1S/C98H70N6/c1-97(2)85-37-21-17-33-77(85)79-53-45-65(59-87(79)97)75-55-56-76(66-46-54-80-78-34-18-22-38-86(78)98(3,4)88(80)60-66)96-95(75)99-93(63-41-47-71(48-42-63)101(67-25-9-5-10-26-67)73-51-57-91-83(61-73)81-35-19-23-39-89(81)103(91)69-29-13-7-14-30-69)94(100-96)64-43-49-72(50-44-64)102(68-27-11-6-12-28-68)74-52-58-92-84(62-74)82-36-20-24-40-90(82)104(92)70-31-15-8-16-32-70/h5-62H,1-4H3. The second-order valence-corrected chi connectivity index (χ2v) is 28.9. The molecule has 0 atom stereocenters. The predicted octanol–water partition coefficient (Wildman–Crippen LogP) is 26.0. The fourth-order valence-electron chi connectivity index (χ4n) is 17.2. The molecular formula is C98H70N6. The molecule has 492 valence electrons. The zero-order valence-corrected chi connectivity index (χ0v) is 58.2. The van der Waals surface area contributed by atoms with Gasteiger partial charge in [0, 0.05) is 100 Å². The van der Waals surface area contributed by atoms with Gasteiger partial charge in [0.2, 0.25) is 0 Å². The van der Waals surface area contributed by atoms with Gasteiger partial charge in [-0.3, -0.25) is 0 Å². The molecule has 3 heterocycles. The van der Waals surface area contributed by atoms with Crippen molar-refractivity contribution in [3.8, 4) is 78.4 Å². The number of hydrogen-bond donors (Lipinski definition) is 0. The van der Waals surface area contributed by atoms with E-state index in [0.717, 1.165) is 112 Å². The highest BCUT2D eigenvalue weighted by Gasteiger charge is 2.37. The molecule has 0 saturated heterocycles. The van der Waals surface area contributed by atoms with Gasteiger partial charge in [0.1, 0.15) is 0 Å². The minimum Gasteiger partial charge on any atom is -0.310 e. The Labute approximate surface area is 605 Å². The van der Waals surface area contributed by atoms with E-state index in [1.807, 2.05) is 0 Å². The number of aromatic nitrogens is 4. The Hall–Kier alpha value is -13.2. The third-order valence-corrected chi connectivity index (χ3v) is 22.3. The van der Waals surface area contributed by atoms with Crippen LogP contribution in [0.4, 0.5) is 34.1 Å². The first-order chi connectivity index (χ1) is 51.1. The van der Waals surface area contributed by atoms with Gasteiger partial charge in [0.25, 0.3) is 0 Å². The van der Waals surface area contributed by atoms with Crippen LogP contribution in [0.25, 0.3) is 133 Å². The summed E-state index contributed by atoms with van der Waals surface area (Å²) in [6.45, 7) is 9.45. The first-order valence-corrected chi connectivity index (χ1v) is 36.0. The summed E-state index contributed by atoms with van der Waals surface area (Å²) >= 11 is 0. The number of rotatable bonds is 12. The quantitative estimate of drug-likeness (QED) is 0.122. The van der Waals surface area contributed by atoms with Crippen molar-refractivity contribution < 1.29 is 0 Å². The molecule has 2 aliphatic rings. The highest BCUT2D eigenvalue weighted by Crippen LogP contribution is 2.53. The van der Waals surface area contributed by atoms with Crippen LogP contribution in [0, 0.1) is 0 Å². The van der Waals surface area contributed by atoms with Crippen LogP contribution in [-0.4, -0.2) is 19.1 Å². The summed E-state index contributed by atoms with van der Waals surface area (Å²) in [7, 11) is 0. The summed E-state index contributed by atoms with van der Waals surface area (Å²) < 4.78 is 4.75. The van der Waals surface area contributed by atoms with Crippen LogP contribution in [-0.2, 0) is 10.8 Å². The Morgan fingerprint density at radius 2 is 0.538 bits per heavy atom. The van der Waals surface area contributed by atoms with Crippen molar-refractivity contribution in [2.24, 2.45) is 0 Å². The van der Waals surface area contributed by atoms with Crippen molar-refractivity contribution in [3.63, 3.8) is 0 Å². The van der Waals surface area contributed by atoms with E-state index in [0.29, 0.717) is 0 Å². The van der Waals surface area contributed by atoms with Gasteiger partial charge in [-0.1, -0.05) is 246 Å². The van der Waals surface area contributed by atoms with Crippen molar-refractivity contribution in [3.05, 3.63) is 374 Å². The molecule has 3 aromatic heterocycles. The van der Waals surface area contributed by atoms with Gasteiger partial charge in [-0.05, 0) is 189 Å². The predicted molar refractivity (Wildman–Crippen MR) is 434 cm³/mol. The van der Waals surface area contributed by atoms with E-state index in [4.69, 9.17) is 9.97 Å². The molecular weight excluding hydrogens is 1260 g/mol. The van der Waals surface area contributed by atoms with E-state index in [1.54, 1.807) is 0 Å². The summed E-state index contributed by atoms with van der Waals surface area (Å²) in [6.07, 6.45) is 0. The van der Waals surface area contributed by atoms with Crippen LogP contribution in [0.5, 0.6) is 0 Å². The first kappa shape index (κ1) is 60.8. The lowest BCUT2D eigenvalue weighted by Crippen LogP contribution is -2.15. The molecule has 2 aliphatic carbocycles. The number of benzene rings is 15. The van der Waals surface area contributed by atoms with Crippen LogP contribution in [0.3, 0.4) is 0 Å². The summed E-state index contributed by atoms with van der Waals surface area (Å²) in [5, 5.41) is 4.77.